The number of fused-ring (bicyclic) bond motifs is 2. The van der Waals surface area contributed by atoms with E-state index in [2.05, 4.69) is 21.3 Å². The summed E-state index contributed by atoms with van der Waals surface area (Å²) in [5.41, 5.74) is -17.8. The number of nitrogens with one attached hydrogen (secondary N) is 4. The van der Waals surface area contributed by atoms with Gasteiger partial charge in [0.2, 0.25) is 0 Å². The Morgan fingerprint density at radius 2 is 0.584 bits per heavy atom. The maximum absolute atomic E-state index is 15.8. The van der Waals surface area contributed by atoms with Crippen LogP contribution in [0.15, 0.2) is 285 Å². The Balaban J connectivity index is 0.525. The number of aromatic hydroxyl groups is 5. The monoisotopic (exact) mass is 2040 g/mol. The number of phenols is 5. The fourth-order valence-electron chi connectivity index (χ4n) is 16.5. The van der Waals surface area contributed by atoms with Gasteiger partial charge in [0, 0.05) is 86.1 Å². The van der Waals surface area contributed by atoms with Crippen LogP contribution in [0.1, 0.15) is 158 Å². The SMILES string of the molecule is CN(C)c1cc(OC(=O)c2ccc3c(c2)C(=O)N(c2cccc(C(C)(c4ccc(O)c(NC(=O)c5ccc(Oc6ccc(C(=O)Nc7cc(C(C)(c8ccc(O)c(NC(=O)c9ccc(Oc%10ccc(C(=O)Nc%11cc(C(C)(c%12ccc(O)c(N%13C(=O)c%14ccc(C(=O)Oc%15cc(N(C)C)cc([N+](=O)[O-])c%15)cc%14C%13=O)c%12)C(F)(F)F)ccc%11O)cc%10)cc9)c8)C(F)(F)F)ccc7O)cc6)cc5)c4)C(F)(F)F)c2)C3=O)cc([N+](=O)[O-])c1. The zero-order valence-electron chi connectivity index (χ0n) is 78.3. The van der Waals surface area contributed by atoms with Gasteiger partial charge in [-0.15, -0.1) is 0 Å². The first kappa shape index (κ1) is 102. The summed E-state index contributed by atoms with van der Waals surface area (Å²) >= 11 is 0. The second kappa shape index (κ2) is 39.3. The molecule has 2 heterocycles. The molecule has 2 aliphatic rings. The van der Waals surface area contributed by atoms with Gasteiger partial charge < -0.3 is 75.5 Å². The molecule has 0 aliphatic carbocycles. The van der Waals surface area contributed by atoms with Crippen LogP contribution >= 0.6 is 0 Å². The normalized spacial score (nSPS) is 13.6. The fraction of sp³-hybridized carbons (Fsp3) is 0.121. The number of esters is 2. The summed E-state index contributed by atoms with van der Waals surface area (Å²) in [6.45, 7) is 2.32. The number of phenolic OH excluding ortho intramolecular Hbond substituents is 5. The standard InChI is InChI=1S/C107H77F9N10O23/c1-102(105(108,109)110,61-9-8-10-67(43-61)123-96(136)78-34-19-59(41-80(78)98(123)138)100(140)148-76-51-68(121(4)5)49-70(53-76)125(142)143)62-21-36-87(127)82(44-62)117-92(132)55-11-26-72(27-12-55)146-73-28-13-56(14-29-73)93(133)118-83-45-63(22-37-88(83)128)103(2,106(111,112)113)64-23-38-89(129)84(46-64)119-94(134)57-15-30-74(31-16-57)147-75-32-17-58(18-33-75)95(135)120-85-47-65(24-39-90(85)130)104(3,107(114,115)116)66-25-40-91(131)86(48-66)124-97(137)79-35-20-60(42-81(79)99(124)139)101(141)149-77-52-69(122(6)7)50-71(54-77)126(144)145/h8-54,127-131H,1-7H3,(H,117,132)(H,118,133)(H,119,134)(H,120,135). The van der Waals surface area contributed by atoms with E-state index in [0.717, 1.165) is 172 Å². The van der Waals surface area contributed by atoms with E-state index < -0.39 is 211 Å². The quantitative estimate of drug-likeness (QED) is 0.00418. The Hall–Kier alpha value is -19.5. The highest BCUT2D eigenvalue weighted by atomic mass is 19.4. The molecule has 0 spiro atoms. The summed E-state index contributed by atoms with van der Waals surface area (Å²) in [5, 5.41) is 87.9. The number of carbonyl (C=O) groups excluding carboxylic acids is 10. The molecular formula is C107H77F9N10O23. The third-order valence-electron chi connectivity index (χ3n) is 25.3. The third kappa shape index (κ3) is 20.0. The topological polar surface area (TPSA) is 456 Å². The molecule has 3 unspecified atom stereocenters. The summed E-state index contributed by atoms with van der Waals surface area (Å²) < 4.78 is 164. The maximum Gasteiger partial charge on any atom is 0.402 e. The van der Waals surface area contributed by atoms with Crippen molar-refractivity contribution < 1.29 is 142 Å². The van der Waals surface area contributed by atoms with Gasteiger partial charge >= 0.3 is 30.5 Å². The highest BCUT2D eigenvalue weighted by Gasteiger charge is 2.57. The molecule has 0 radical (unpaired) electrons. The lowest BCUT2D eigenvalue weighted by atomic mass is 9.75. The molecule has 3 atom stereocenters. The second-order valence-electron chi connectivity index (χ2n) is 35.0. The molecule has 0 saturated heterocycles. The van der Waals surface area contributed by atoms with Gasteiger partial charge in [0.15, 0.2) is 0 Å². The van der Waals surface area contributed by atoms with E-state index in [-0.39, 0.29) is 90.3 Å². The first-order valence-electron chi connectivity index (χ1n) is 44.2. The van der Waals surface area contributed by atoms with Gasteiger partial charge in [-0.1, -0.05) is 42.5 Å². The number of rotatable bonds is 28. The van der Waals surface area contributed by atoms with Crippen LogP contribution in [0.25, 0.3) is 0 Å². The summed E-state index contributed by atoms with van der Waals surface area (Å²) in [4.78, 5) is 164. The Bertz CT molecular complexity index is 7930. The minimum absolute atomic E-state index is 0.0901. The van der Waals surface area contributed by atoms with Crippen molar-refractivity contribution in [3.8, 4) is 63.2 Å². The van der Waals surface area contributed by atoms with Gasteiger partial charge in [-0.25, -0.2) is 19.4 Å². The molecule has 2 aliphatic heterocycles. The molecule has 0 saturated carbocycles. The van der Waals surface area contributed by atoms with Crippen LogP contribution < -0.4 is 59.8 Å². The number of benzene rings is 14. The van der Waals surface area contributed by atoms with E-state index in [1.165, 1.54) is 143 Å². The van der Waals surface area contributed by atoms with Crippen molar-refractivity contribution in [1.82, 2.24) is 0 Å². The van der Waals surface area contributed by atoms with Crippen LogP contribution in [-0.4, -0.2) is 141 Å². The van der Waals surface area contributed by atoms with E-state index >= 15 is 39.5 Å². The number of nitro groups is 2. The Labute approximate surface area is 836 Å². The molecule has 42 heteroatoms. The smallest absolute Gasteiger partial charge is 0.402 e. The lowest BCUT2D eigenvalue weighted by Crippen LogP contribution is -2.41. The average molecular weight is 2040 g/mol. The number of nitro benzene ring substituents is 2. The number of hydrogen-bond donors (Lipinski definition) is 9. The largest absolute Gasteiger partial charge is 0.506 e. The van der Waals surface area contributed by atoms with Gasteiger partial charge in [0.25, 0.3) is 58.6 Å². The number of nitrogens with zero attached hydrogens (tertiary/aromatic N) is 6. The number of imide groups is 2. The van der Waals surface area contributed by atoms with E-state index in [1.807, 2.05) is 0 Å². The zero-order chi connectivity index (χ0) is 107. The van der Waals surface area contributed by atoms with Crippen molar-refractivity contribution in [2.45, 2.75) is 55.5 Å². The van der Waals surface area contributed by atoms with Crippen LogP contribution in [0, 0.1) is 20.2 Å². The Morgan fingerprint density at radius 3 is 0.886 bits per heavy atom. The van der Waals surface area contributed by atoms with Crippen LogP contribution in [0.2, 0.25) is 0 Å². The predicted octanol–water partition coefficient (Wildman–Crippen LogP) is 21.4. The first-order valence-corrected chi connectivity index (χ1v) is 44.2. The molecule has 756 valence electrons. The first-order chi connectivity index (χ1) is 70.3. The fourth-order valence-corrected chi connectivity index (χ4v) is 16.5. The van der Waals surface area contributed by atoms with Crippen molar-refractivity contribution in [3.63, 3.8) is 0 Å². The number of non-ortho nitro benzene ring substituents is 2. The van der Waals surface area contributed by atoms with Crippen molar-refractivity contribution in [3.05, 3.63) is 394 Å². The number of amides is 8. The van der Waals surface area contributed by atoms with Crippen molar-refractivity contribution in [1.29, 1.82) is 0 Å². The number of anilines is 8. The van der Waals surface area contributed by atoms with E-state index in [0.29, 0.717) is 21.2 Å². The maximum atomic E-state index is 15.8. The van der Waals surface area contributed by atoms with Crippen LogP contribution in [0.3, 0.4) is 0 Å². The number of ether oxygens (including phenoxy) is 4. The molecule has 0 aromatic heterocycles. The van der Waals surface area contributed by atoms with E-state index in [1.54, 1.807) is 28.2 Å². The minimum Gasteiger partial charge on any atom is -0.506 e. The minimum atomic E-state index is -5.23. The van der Waals surface area contributed by atoms with Crippen molar-refractivity contribution in [2.24, 2.45) is 0 Å². The van der Waals surface area contributed by atoms with E-state index in [9.17, 15) is 93.7 Å². The summed E-state index contributed by atoms with van der Waals surface area (Å²) in [7, 11) is 6.36. The molecule has 0 fully saturated rings. The number of halogens is 9. The summed E-state index contributed by atoms with van der Waals surface area (Å²) in [6, 6.07) is 52.1. The molecule has 14 aromatic carbocycles. The van der Waals surface area contributed by atoms with Gasteiger partial charge in [-0.3, -0.25) is 58.6 Å². The molecule has 0 bridgehead atoms. The Kier molecular flexibility index (Phi) is 27.1. The lowest BCUT2D eigenvalue weighted by molar-refractivity contribution is -0.385. The van der Waals surface area contributed by atoms with Gasteiger partial charge in [0.1, 0.15) is 79.5 Å². The molecular weight excluding hydrogens is 1960 g/mol. The predicted molar refractivity (Wildman–Crippen MR) is 522 cm³/mol. The van der Waals surface area contributed by atoms with Crippen LogP contribution in [0.5, 0.6) is 63.2 Å². The van der Waals surface area contributed by atoms with Crippen molar-refractivity contribution >= 4 is 116 Å². The zero-order valence-corrected chi connectivity index (χ0v) is 78.3. The van der Waals surface area contributed by atoms with Gasteiger partial charge in [-0.05, 0) is 260 Å². The molecule has 14 aromatic rings. The molecule has 33 nitrogen and oxygen atoms in total. The number of hydrogen-bond acceptors (Lipinski definition) is 25. The highest BCUT2D eigenvalue weighted by Crippen LogP contribution is 2.54. The van der Waals surface area contributed by atoms with Gasteiger partial charge in [-0.2, -0.15) is 39.5 Å². The third-order valence-corrected chi connectivity index (χ3v) is 25.3. The van der Waals surface area contributed by atoms with Gasteiger partial charge in [0.05, 0.1) is 89.5 Å². The Morgan fingerprint density at radius 1 is 0.309 bits per heavy atom. The molecule has 9 N–H and O–H groups in total. The molecule has 16 rings (SSSR count). The number of carbonyl (C=O) groups is 10. The van der Waals surface area contributed by atoms with Crippen LogP contribution in [0.4, 0.5) is 96.4 Å². The molecule has 8 amide bonds. The second-order valence-corrected chi connectivity index (χ2v) is 35.0. The number of alkyl halides is 9. The summed E-state index contributed by atoms with van der Waals surface area (Å²) in [5.74, 6) is -13.7. The lowest BCUT2D eigenvalue weighted by Gasteiger charge is -2.34. The van der Waals surface area contributed by atoms with E-state index in [4.69, 9.17) is 18.9 Å². The average Bonchev–Trinajstić information content (AvgIpc) is 1.61. The van der Waals surface area contributed by atoms with Crippen molar-refractivity contribution in [2.75, 3.05) is 69.1 Å². The molecule has 149 heavy (non-hydrogen) atoms. The van der Waals surface area contributed by atoms with Crippen LogP contribution in [-0.2, 0) is 16.2 Å². The summed E-state index contributed by atoms with van der Waals surface area (Å²) in [6.07, 6.45) is -15.6. The highest BCUT2D eigenvalue weighted by molar-refractivity contribution is 6.36.